The van der Waals surface area contributed by atoms with Gasteiger partial charge in [-0.15, -0.1) is 0 Å². The standard InChI is InChI=1S/C18H10Cl2/c19-17-13-7-3-4-8-14(13)18(20)16-12-6-2-1-5-11(12)9-10-15(16)17/h1-10H. The summed E-state index contributed by atoms with van der Waals surface area (Å²) < 4.78 is 0. The Morgan fingerprint density at radius 2 is 1.10 bits per heavy atom. The van der Waals surface area contributed by atoms with Gasteiger partial charge in [-0.25, -0.2) is 0 Å². The molecule has 0 fully saturated rings. The summed E-state index contributed by atoms with van der Waals surface area (Å²) >= 11 is 13.3. The lowest BCUT2D eigenvalue weighted by Crippen LogP contribution is -1.84. The van der Waals surface area contributed by atoms with Crippen LogP contribution in [0.4, 0.5) is 0 Å². The summed E-state index contributed by atoms with van der Waals surface area (Å²) in [5.41, 5.74) is 0. The molecule has 0 aliphatic carbocycles. The van der Waals surface area contributed by atoms with E-state index in [1.165, 1.54) is 5.39 Å². The van der Waals surface area contributed by atoms with E-state index < -0.39 is 0 Å². The molecule has 0 saturated heterocycles. The summed E-state index contributed by atoms with van der Waals surface area (Å²) in [6, 6.07) is 20.4. The maximum atomic E-state index is 6.67. The van der Waals surface area contributed by atoms with Gasteiger partial charge in [0.1, 0.15) is 0 Å². The van der Waals surface area contributed by atoms with Crippen LogP contribution in [0.3, 0.4) is 0 Å². The van der Waals surface area contributed by atoms with Gasteiger partial charge in [-0.3, -0.25) is 0 Å². The van der Waals surface area contributed by atoms with Crippen molar-refractivity contribution in [3.05, 3.63) is 70.7 Å². The van der Waals surface area contributed by atoms with Crippen LogP contribution >= 0.6 is 23.2 Å². The molecule has 0 spiro atoms. The van der Waals surface area contributed by atoms with Crippen LogP contribution in [-0.4, -0.2) is 0 Å². The van der Waals surface area contributed by atoms with Gasteiger partial charge in [-0.05, 0) is 10.8 Å². The maximum absolute atomic E-state index is 6.67. The van der Waals surface area contributed by atoms with Crippen LogP contribution in [-0.2, 0) is 0 Å². The van der Waals surface area contributed by atoms with Crippen LogP contribution in [0.5, 0.6) is 0 Å². The van der Waals surface area contributed by atoms with E-state index in [0.717, 1.165) is 37.0 Å². The van der Waals surface area contributed by atoms with E-state index in [9.17, 15) is 0 Å². The summed E-state index contributed by atoms with van der Waals surface area (Å²) in [6.07, 6.45) is 0. The van der Waals surface area contributed by atoms with E-state index in [2.05, 4.69) is 24.3 Å². The van der Waals surface area contributed by atoms with Gasteiger partial charge in [0.2, 0.25) is 0 Å². The smallest absolute Gasteiger partial charge is 0.0570 e. The third-order valence-electron chi connectivity index (χ3n) is 3.78. The molecule has 4 aromatic rings. The van der Waals surface area contributed by atoms with Crippen molar-refractivity contribution in [2.45, 2.75) is 0 Å². The fourth-order valence-corrected chi connectivity index (χ4v) is 3.53. The third kappa shape index (κ3) is 1.56. The van der Waals surface area contributed by atoms with E-state index in [4.69, 9.17) is 23.2 Å². The van der Waals surface area contributed by atoms with Crippen molar-refractivity contribution >= 4 is 55.5 Å². The van der Waals surface area contributed by atoms with Gasteiger partial charge in [-0.1, -0.05) is 83.9 Å². The Morgan fingerprint density at radius 3 is 1.85 bits per heavy atom. The molecule has 20 heavy (non-hydrogen) atoms. The summed E-state index contributed by atoms with van der Waals surface area (Å²) in [5, 5.41) is 7.91. The predicted octanol–water partition coefficient (Wildman–Crippen LogP) is 6.45. The van der Waals surface area contributed by atoms with E-state index in [-0.39, 0.29) is 0 Å². The Kier molecular flexibility index (Phi) is 2.63. The van der Waals surface area contributed by atoms with Gasteiger partial charge in [0.15, 0.2) is 0 Å². The molecular formula is C18H10Cl2. The molecule has 0 amide bonds. The van der Waals surface area contributed by atoms with Crippen molar-refractivity contribution in [2.24, 2.45) is 0 Å². The van der Waals surface area contributed by atoms with Gasteiger partial charge in [0, 0.05) is 21.5 Å². The second-order valence-electron chi connectivity index (χ2n) is 4.88. The van der Waals surface area contributed by atoms with Crippen molar-refractivity contribution in [3.63, 3.8) is 0 Å². The Balaban J connectivity index is 2.38. The zero-order valence-electron chi connectivity index (χ0n) is 10.5. The monoisotopic (exact) mass is 296 g/mol. The molecule has 0 aliphatic rings. The average molecular weight is 297 g/mol. The number of hydrogen-bond donors (Lipinski definition) is 0. The number of halogens is 2. The first kappa shape index (κ1) is 12.0. The van der Waals surface area contributed by atoms with Gasteiger partial charge < -0.3 is 0 Å². The Hall–Kier alpha value is -1.76. The second-order valence-corrected chi connectivity index (χ2v) is 5.64. The molecule has 0 bridgehead atoms. The molecule has 0 radical (unpaired) electrons. The summed E-state index contributed by atoms with van der Waals surface area (Å²) in [5.74, 6) is 0. The minimum Gasteiger partial charge on any atom is -0.0830 e. The summed E-state index contributed by atoms with van der Waals surface area (Å²) in [6.45, 7) is 0. The van der Waals surface area contributed by atoms with Crippen molar-refractivity contribution in [2.75, 3.05) is 0 Å². The minimum absolute atomic E-state index is 0.769. The molecule has 0 heterocycles. The Labute approximate surface area is 126 Å². The lowest BCUT2D eigenvalue weighted by molar-refractivity contribution is 1.77. The molecule has 2 heteroatoms. The number of fused-ring (bicyclic) bond motifs is 4. The molecule has 0 aliphatic heterocycles. The highest BCUT2D eigenvalue weighted by atomic mass is 35.5. The zero-order valence-corrected chi connectivity index (χ0v) is 12.0. The molecule has 0 saturated carbocycles. The van der Waals surface area contributed by atoms with E-state index >= 15 is 0 Å². The molecule has 0 nitrogen and oxygen atoms in total. The van der Waals surface area contributed by atoms with Gasteiger partial charge >= 0.3 is 0 Å². The van der Waals surface area contributed by atoms with Crippen LogP contribution in [0, 0.1) is 0 Å². The molecule has 0 N–H and O–H groups in total. The molecule has 4 aromatic carbocycles. The highest BCUT2D eigenvalue weighted by Gasteiger charge is 2.13. The fraction of sp³-hybridized carbons (Fsp3) is 0. The number of hydrogen-bond acceptors (Lipinski definition) is 0. The van der Waals surface area contributed by atoms with Crippen LogP contribution in [0.2, 0.25) is 10.0 Å². The van der Waals surface area contributed by atoms with Gasteiger partial charge in [-0.2, -0.15) is 0 Å². The van der Waals surface area contributed by atoms with Crippen molar-refractivity contribution in [3.8, 4) is 0 Å². The van der Waals surface area contributed by atoms with Crippen molar-refractivity contribution < 1.29 is 0 Å². The second kappa shape index (κ2) is 4.37. The van der Waals surface area contributed by atoms with Gasteiger partial charge in [0.25, 0.3) is 0 Å². The van der Waals surface area contributed by atoms with Crippen LogP contribution in [0.25, 0.3) is 32.3 Å². The van der Waals surface area contributed by atoms with Crippen LogP contribution < -0.4 is 0 Å². The Morgan fingerprint density at radius 1 is 0.500 bits per heavy atom. The first-order valence-corrected chi connectivity index (χ1v) is 7.20. The Bertz CT molecular complexity index is 971. The third-order valence-corrected chi connectivity index (χ3v) is 4.58. The number of rotatable bonds is 0. The quantitative estimate of drug-likeness (QED) is 0.258. The van der Waals surface area contributed by atoms with Crippen LogP contribution in [0.15, 0.2) is 60.7 Å². The lowest BCUT2D eigenvalue weighted by atomic mass is 9.98. The van der Waals surface area contributed by atoms with E-state index in [1.54, 1.807) is 0 Å². The molecule has 0 atom stereocenters. The molecule has 0 unspecified atom stereocenters. The SMILES string of the molecule is Clc1c2ccccc2c(Cl)c2c1ccc1ccccc12. The fourth-order valence-electron chi connectivity index (χ4n) is 2.84. The highest BCUT2D eigenvalue weighted by Crippen LogP contribution is 2.41. The van der Waals surface area contributed by atoms with E-state index in [0.29, 0.717) is 0 Å². The molecule has 0 aromatic heterocycles. The maximum Gasteiger partial charge on any atom is 0.0570 e. The van der Waals surface area contributed by atoms with E-state index in [1.807, 2.05) is 36.4 Å². The first-order valence-electron chi connectivity index (χ1n) is 6.44. The predicted molar refractivity (Wildman–Crippen MR) is 89.0 cm³/mol. The van der Waals surface area contributed by atoms with Crippen molar-refractivity contribution in [1.29, 1.82) is 0 Å². The molecule has 4 rings (SSSR count). The van der Waals surface area contributed by atoms with Gasteiger partial charge in [0.05, 0.1) is 10.0 Å². The number of benzene rings is 4. The minimum atomic E-state index is 0.769. The van der Waals surface area contributed by atoms with Crippen molar-refractivity contribution in [1.82, 2.24) is 0 Å². The normalized spacial score (nSPS) is 11.5. The topological polar surface area (TPSA) is 0 Å². The lowest BCUT2D eigenvalue weighted by Gasteiger charge is -2.11. The highest BCUT2D eigenvalue weighted by molar-refractivity contribution is 6.49. The largest absolute Gasteiger partial charge is 0.0830 e. The molecular weight excluding hydrogens is 287 g/mol. The van der Waals surface area contributed by atoms with Crippen LogP contribution in [0.1, 0.15) is 0 Å². The average Bonchev–Trinajstić information content (AvgIpc) is 2.51. The summed E-state index contributed by atoms with van der Waals surface area (Å²) in [7, 11) is 0. The summed E-state index contributed by atoms with van der Waals surface area (Å²) in [4.78, 5) is 0. The first-order chi connectivity index (χ1) is 9.77. The zero-order chi connectivity index (χ0) is 13.7. The molecule has 96 valence electrons.